The Hall–Kier alpha value is -1.82. The predicted molar refractivity (Wildman–Crippen MR) is 114 cm³/mol. The minimum atomic E-state index is 0.0722. The molecule has 2 atom stereocenters. The minimum Gasteiger partial charge on any atom is -0.342 e. The summed E-state index contributed by atoms with van der Waals surface area (Å²) in [7, 11) is 0. The highest BCUT2D eigenvalue weighted by Gasteiger charge is 2.34. The normalized spacial score (nSPS) is 24.1. The fourth-order valence-corrected chi connectivity index (χ4v) is 5.91. The Labute approximate surface area is 171 Å². The number of likely N-dealkylation sites (tertiary alicyclic amines) is 2. The second-order valence-corrected chi connectivity index (χ2v) is 9.65. The fraction of sp³-hybridized carbons (Fsp3) is 0.636. The van der Waals surface area contributed by atoms with E-state index in [0.29, 0.717) is 30.8 Å². The van der Waals surface area contributed by atoms with E-state index < -0.39 is 0 Å². The van der Waals surface area contributed by atoms with E-state index in [0.717, 1.165) is 43.7 Å². The first-order chi connectivity index (χ1) is 13.5. The molecule has 0 saturated carbocycles. The van der Waals surface area contributed by atoms with E-state index in [1.807, 2.05) is 11.0 Å². The van der Waals surface area contributed by atoms with E-state index in [-0.39, 0.29) is 11.8 Å². The van der Waals surface area contributed by atoms with Crippen molar-refractivity contribution in [3.8, 4) is 0 Å². The molecule has 4 heterocycles. The van der Waals surface area contributed by atoms with Crippen LogP contribution < -0.4 is 0 Å². The highest BCUT2D eigenvalue weighted by Crippen LogP contribution is 2.29. The monoisotopic (exact) mass is 401 g/mol. The summed E-state index contributed by atoms with van der Waals surface area (Å²) in [4.78, 5) is 30.1. The van der Waals surface area contributed by atoms with Crippen LogP contribution in [-0.4, -0.2) is 52.4 Å². The number of rotatable bonds is 3. The van der Waals surface area contributed by atoms with Gasteiger partial charge in [-0.15, -0.1) is 11.3 Å². The van der Waals surface area contributed by atoms with Crippen LogP contribution in [0.15, 0.2) is 17.5 Å². The number of hydrogen-bond donors (Lipinski definition) is 0. The smallest absolute Gasteiger partial charge is 0.270 e. The van der Waals surface area contributed by atoms with Gasteiger partial charge in [0.15, 0.2) is 0 Å². The number of carbonyl (C=O) groups is 2. The lowest BCUT2D eigenvalue weighted by molar-refractivity contribution is -0.139. The van der Waals surface area contributed by atoms with Gasteiger partial charge in [0.2, 0.25) is 5.91 Å². The standard InChI is InChI=1S/C22H31N3O2S/c1-4-25-18-7-10-28-20(18)12-19(25)22(27)23-8-5-17(6-9-23)21(26)24-13-15(2)11-16(3)14-24/h7,10,12,15-17H,4-6,8-9,11,13-14H2,1-3H3/t15-,16+. The first kappa shape index (κ1) is 19.5. The lowest BCUT2D eigenvalue weighted by Crippen LogP contribution is -2.48. The molecule has 0 aromatic carbocycles. The molecule has 0 bridgehead atoms. The third-order valence-corrected chi connectivity index (χ3v) is 7.22. The van der Waals surface area contributed by atoms with Gasteiger partial charge >= 0.3 is 0 Å². The van der Waals surface area contributed by atoms with Crippen molar-refractivity contribution >= 4 is 33.4 Å². The van der Waals surface area contributed by atoms with Gasteiger partial charge in [-0.3, -0.25) is 9.59 Å². The van der Waals surface area contributed by atoms with Crippen LogP contribution in [0.25, 0.3) is 10.2 Å². The van der Waals surface area contributed by atoms with Crippen molar-refractivity contribution in [3.05, 3.63) is 23.2 Å². The Kier molecular flexibility index (Phi) is 5.50. The number of hydrogen-bond acceptors (Lipinski definition) is 3. The molecule has 0 aliphatic carbocycles. The van der Waals surface area contributed by atoms with Gasteiger partial charge in [-0.25, -0.2) is 0 Å². The second kappa shape index (κ2) is 7.90. The average molecular weight is 402 g/mol. The van der Waals surface area contributed by atoms with E-state index in [1.54, 1.807) is 11.3 Å². The summed E-state index contributed by atoms with van der Waals surface area (Å²) < 4.78 is 3.28. The van der Waals surface area contributed by atoms with Gasteiger partial charge in [0, 0.05) is 38.6 Å². The number of aromatic nitrogens is 1. The van der Waals surface area contributed by atoms with E-state index in [9.17, 15) is 9.59 Å². The zero-order valence-corrected chi connectivity index (χ0v) is 18.0. The zero-order valence-electron chi connectivity index (χ0n) is 17.2. The molecule has 0 radical (unpaired) electrons. The molecule has 2 aromatic rings. The molecule has 28 heavy (non-hydrogen) atoms. The molecular weight excluding hydrogens is 370 g/mol. The van der Waals surface area contributed by atoms with Crippen LogP contribution in [0.3, 0.4) is 0 Å². The molecule has 2 fully saturated rings. The number of piperidine rings is 2. The maximum absolute atomic E-state index is 13.1. The number of nitrogens with zero attached hydrogens (tertiary/aromatic N) is 3. The second-order valence-electron chi connectivity index (χ2n) is 8.70. The summed E-state index contributed by atoms with van der Waals surface area (Å²) >= 11 is 1.68. The Morgan fingerprint density at radius 3 is 2.43 bits per heavy atom. The number of amides is 2. The van der Waals surface area contributed by atoms with Crippen LogP contribution >= 0.6 is 11.3 Å². The predicted octanol–water partition coefficient (Wildman–Crippen LogP) is 4.08. The van der Waals surface area contributed by atoms with Gasteiger partial charge in [-0.1, -0.05) is 13.8 Å². The van der Waals surface area contributed by atoms with Crippen molar-refractivity contribution in [2.45, 2.75) is 46.6 Å². The van der Waals surface area contributed by atoms with E-state index in [2.05, 4.69) is 41.7 Å². The summed E-state index contributed by atoms with van der Waals surface area (Å²) in [6.07, 6.45) is 2.78. The number of thiophene rings is 1. The van der Waals surface area contributed by atoms with Crippen LogP contribution in [0.1, 0.15) is 50.5 Å². The van der Waals surface area contributed by atoms with Crippen molar-refractivity contribution in [3.63, 3.8) is 0 Å². The van der Waals surface area contributed by atoms with Gasteiger partial charge in [-0.05, 0) is 55.5 Å². The number of aryl methyl sites for hydroxylation is 1. The van der Waals surface area contributed by atoms with Crippen LogP contribution in [0.4, 0.5) is 0 Å². The Morgan fingerprint density at radius 2 is 1.79 bits per heavy atom. The minimum absolute atomic E-state index is 0.0722. The Morgan fingerprint density at radius 1 is 1.11 bits per heavy atom. The summed E-state index contributed by atoms with van der Waals surface area (Å²) in [5, 5.41) is 2.07. The van der Waals surface area contributed by atoms with Crippen molar-refractivity contribution in [1.82, 2.24) is 14.4 Å². The topological polar surface area (TPSA) is 45.6 Å². The van der Waals surface area contributed by atoms with Crippen molar-refractivity contribution < 1.29 is 9.59 Å². The Bertz CT molecular complexity index is 852. The highest BCUT2D eigenvalue weighted by atomic mass is 32.1. The summed E-state index contributed by atoms with van der Waals surface area (Å²) in [5.41, 5.74) is 1.93. The summed E-state index contributed by atoms with van der Waals surface area (Å²) in [6.45, 7) is 10.5. The third-order valence-electron chi connectivity index (χ3n) is 6.37. The maximum Gasteiger partial charge on any atom is 0.270 e. The molecule has 2 saturated heterocycles. The third kappa shape index (κ3) is 3.59. The molecule has 0 unspecified atom stereocenters. The molecule has 4 rings (SSSR count). The van der Waals surface area contributed by atoms with E-state index in [4.69, 9.17) is 0 Å². The molecular formula is C22H31N3O2S. The SMILES string of the molecule is CCn1c(C(=O)N2CCC(C(=O)N3C[C@H](C)C[C@H](C)C3)CC2)cc2sccc21. The molecule has 2 amide bonds. The first-order valence-electron chi connectivity index (χ1n) is 10.6. The van der Waals surface area contributed by atoms with Crippen molar-refractivity contribution in [1.29, 1.82) is 0 Å². The zero-order chi connectivity index (χ0) is 19.8. The van der Waals surface area contributed by atoms with Crippen LogP contribution in [-0.2, 0) is 11.3 Å². The molecule has 0 N–H and O–H groups in total. The molecule has 2 aromatic heterocycles. The Balaban J connectivity index is 1.40. The lowest BCUT2D eigenvalue weighted by Gasteiger charge is -2.39. The van der Waals surface area contributed by atoms with Crippen molar-refractivity contribution in [2.24, 2.45) is 17.8 Å². The summed E-state index contributed by atoms with van der Waals surface area (Å²) in [5.74, 6) is 1.66. The van der Waals surface area contributed by atoms with Gasteiger partial charge in [0.1, 0.15) is 5.69 Å². The van der Waals surface area contributed by atoms with Gasteiger partial charge in [0.05, 0.1) is 10.2 Å². The molecule has 152 valence electrons. The largest absolute Gasteiger partial charge is 0.342 e. The van der Waals surface area contributed by atoms with Gasteiger partial charge < -0.3 is 14.4 Å². The van der Waals surface area contributed by atoms with Gasteiger partial charge in [0.25, 0.3) is 5.91 Å². The van der Waals surface area contributed by atoms with Crippen LogP contribution in [0.2, 0.25) is 0 Å². The number of fused-ring (bicyclic) bond motifs is 1. The quantitative estimate of drug-likeness (QED) is 0.778. The van der Waals surface area contributed by atoms with Crippen LogP contribution in [0.5, 0.6) is 0 Å². The molecule has 2 aliphatic rings. The highest BCUT2D eigenvalue weighted by molar-refractivity contribution is 7.17. The number of carbonyl (C=O) groups excluding carboxylic acids is 2. The fourth-order valence-electron chi connectivity index (χ4n) is 5.09. The van der Waals surface area contributed by atoms with Crippen LogP contribution in [0, 0.1) is 17.8 Å². The summed E-state index contributed by atoms with van der Waals surface area (Å²) in [6, 6.07) is 4.12. The molecule has 6 heteroatoms. The van der Waals surface area contributed by atoms with Crippen molar-refractivity contribution in [2.75, 3.05) is 26.2 Å². The van der Waals surface area contributed by atoms with E-state index in [1.165, 1.54) is 11.1 Å². The molecule has 0 spiro atoms. The average Bonchev–Trinajstić information content (AvgIpc) is 3.27. The van der Waals surface area contributed by atoms with E-state index >= 15 is 0 Å². The lowest BCUT2D eigenvalue weighted by atomic mass is 9.89. The molecule has 5 nitrogen and oxygen atoms in total. The maximum atomic E-state index is 13.1. The van der Waals surface area contributed by atoms with Gasteiger partial charge in [-0.2, -0.15) is 0 Å². The first-order valence-corrected chi connectivity index (χ1v) is 11.5. The molecule has 2 aliphatic heterocycles.